The first-order valence-corrected chi connectivity index (χ1v) is 15.5. The highest BCUT2D eigenvalue weighted by atomic mass is 16.2. The third-order valence-electron chi connectivity index (χ3n) is 10.1. The average Bonchev–Trinajstić information content (AvgIpc) is 3.35. The first-order valence-electron chi connectivity index (χ1n) is 15.5. The number of carbonyl (C=O) groups is 2. The van der Waals surface area contributed by atoms with Crippen molar-refractivity contribution in [1.29, 1.82) is 0 Å². The zero-order valence-corrected chi connectivity index (χ0v) is 26.0. The Bertz CT molecular complexity index is 1620. The van der Waals surface area contributed by atoms with Gasteiger partial charge in [-0.05, 0) is 84.5 Å². The average molecular weight is 578 g/mol. The molecule has 2 heterocycles. The van der Waals surface area contributed by atoms with Gasteiger partial charge in [-0.3, -0.25) is 14.6 Å². The summed E-state index contributed by atoms with van der Waals surface area (Å²) in [5.41, 5.74) is 5.46. The van der Waals surface area contributed by atoms with Gasteiger partial charge in [0.1, 0.15) is 5.54 Å². The van der Waals surface area contributed by atoms with Gasteiger partial charge in [0, 0.05) is 67.4 Å². The van der Waals surface area contributed by atoms with E-state index in [4.69, 9.17) is 0 Å². The molecule has 7 nitrogen and oxygen atoms in total. The van der Waals surface area contributed by atoms with Crippen molar-refractivity contribution in [3.8, 4) is 0 Å². The second-order valence-electron chi connectivity index (χ2n) is 13.3. The van der Waals surface area contributed by atoms with Crippen LogP contribution in [0.5, 0.6) is 0 Å². The fourth-order valence-corrected chi connectivity index (χ4v) is 7.52. The molecule has 43 heavy (non-hydrogen) atoms. The van der Waals surface area contributed by atoms with Crippen LogP contribution in [0.1, 0.15) is 68.7 Å². The predicted molar refractivity (Wildman–Crippen MR) is 173 cm³/mol. The van der Waals surface area contributed by atoms with Crippen molar-refractivity contribution in [2.24, 2.45) is 11.3 Å². The molecule has 2 aromatic carbocycles. The van der Waals surface area contributed by atoms with E-state index in [0.29, 0.717) is 25.8 Å². The SMILES string of the molecule is Cc1[nH]c2ccccc2c1[C@H]1[C@@H](CC(=O)N(Cc2cccnc2)C2(C(=O)Nc3ccc(N(C)C)cc3)CCCC2)C1(C)C. The van der Waals surface area contributed by atoms with E-state index in [9.17, 15) is 9.59 Å². The Balaban J connectivity index is 1.30. The molecule has 6 rings (SSSR count). The second kappa shape index (κ2) is 11.2. The molecule has 0 spiro atoms. The van der Waals surface area contributed by atoms with Crippen LogP contribution < -0.4 is 10.2 Å². The molecule has 2 aliphatic rings. The minimum absolute atomic E-state index is 0.0232. The Kier molecular flexibility index (Phi) is 7.53. The number of hydrogen-bond donors (Lipinski definition) is 2. The van der Waals surface area contributed by atoms with Crippen molar-refractivity contribution < 1.29 is 9.59 Å². The van der Waals surface area contributed by atoms with Crippen LogP contribution in [0, 0.1) is 18.3 Å². The molecule has 2 fully saturated rings. The predicted octanol–water partition coefficient (Wildman–Crippen LogP) is 7.05. The Morgan fingerprint density at radius 2 is 1.72 bits per heavy atom. The Labute approximate surface area is 254 Å². The Hall–Kier alpha value is -4.13. The molecule has 0 bridgehead atoms. The van der Waals surface area contributed by atoms with Crippen LogP contribution in [-0.4, -0.2) is 46.3 Å². The van der Waals surface area contributed by atoms with Crippen molar-refractivity contribution in [2.45, 2.75) is 70.9 Å². The highest BCUT2D eigenvalue weighted by molar-refractivity contribution is 6.01. The van der Waals surface area contributed by atoms with E-state index in [2.05, 4.69) is 60.3 Å². The Morgan fingerprint density at radius 3 is 2.40 bits per heavy atom. The van der Waals surface area contributed by atoms with Crippen LogP contribution in [0.15, 0.2) is 73.1 Å². The molecule has 2 N–H and O–H groups in total. The summed E-state index contributed by atoms with van der Waals surface area (Å²) >= 11 is 0. The van der Waals surface area contributed by atoms with Crippen LogP contribution >= 0.6 is 0 Å². The van der Waals surface area contributed by atoms with Crippen LogP contribution in [0.2, 0.25) is 0 Å². The van der Waals surface area contributed by atoms with Gasteiger partial charge in [-0.1, -0.05) is 51.0 Å². The summed E-state index contributed by atoms with van der Waals surface area (Å²) in [6, 6.07) is 20.2. The molecule has 0 saturated heterocycles. The molecule has 0 radical (unpaired) electrons. The molecule has 0 aliphatic heterocycles. The molecular formula is C36H43N5O2. The number of rotatable bonds is 9. The lowest BCUT2D eigenvalue weighted by Gasteiger charge is -2.40. The normalized spacial score (nSPS) is 20.1. The molecular weight excluding hydrogens is 534 g/mol. The summed E-state index contributed by atoms with van der Waals surface area (Å²) in [5, 5.41) is 4.43. The standard InChI is InChI=1S/C36H43N5O2/c1-24-32(28-12-6-7-13-30(28)38-24)33-29(35(33,2)3)21-31(42)41(23-25-11-10-20-37-22-25)36(18-8-9-19-36)34(43)39-26-14-16-27(17-15-26)40(4)5/h6-7,10-17,20,22,29,33,38H,8-9,18-19,21,23H2,1-5H3,(H,39,43)/t29-,33-/m1/s1. The van der Waals surface area contributed by atoms with E-state index in [-0.39, 0.29) is 29.1 Å². The summed E-state index contributed by atoms with van der Waals surface area (Å²) in [6.07, 6.45) is 7.08. The van der Waals surface area contributed by atoms with Gasteiger partial charge in [0.2, 0.25) is 11.8 Å². The van der Waals surface area contributed by atoms with Gasteiger partial charge in [-0.2, -0.15) is 0 Å². The first-order chi connectivity index (χ1) is 20.6. The largest absolute Gasteiger partial charge is 0.378 e. The molecule has 0 unspecified atom stereocenters. The topological polar surface area (TPSA) is 81.3 Å². The lowest BCUT2D eigenvalue weighted by atomic mass is 9.91. The van der Waals surface area contributed by atoms with Gasteiger partial charge >= 0.3 is 0 Å². The quantitative estimate of drug-likeness (QED) is 0.223. The maximum atomic E-state index is 14.5. The van der Waals surface area contributed by atoms with Crippen LogP contribution in [-0.2, 0) is 16.1 Å². The summed E-state index contributed by atoms with van der Waals surface area (Å²) < 4.78 is 0. The smallest absolute Gasteiger partial charge is 0.250 e. The third kappa shape index (κ3) is 5.30. The zero-order valence-electron chi connectivity index (χ0n) is 26.0. The molecule has 2 saturated carbocycles. The van der Waals surface area contributed by atoms with Crippen LogP contribution in [0.3, 0.4) is 0 Å². The molecule has 2 aromatic heterocycles. The van der Waals surface area contributed by atoms with Gasteiger partial charge < -0.3 is 20.1 Å². The summed E-state index contributed by atoms with van der Waals surface area (Å²) in [4.78, 5) is 40.6. The highest BCUT2D eigenvalue weighted by Gasteiger charge is 2.60. The first kappa shape index (κ1) is 29.0. The second-order valence-corrected chi connectivity index (χ2v) is 13.3. The fourth-order valence-electron chi connectivity index (χ4n) is 7.52. The number of aromatic nitrogens is 2. The number of nitrogens with one attached hydrogen (secondary N) is 2. The van der Waals surface area contributed by atoms with E-state index in [1.54, 1.807) is 12.4 Å². The minimum Gasteiger partial charge on any atom is -0.378 e. The molecule has 4 aromatic rings. The zero-order chi connectivity index (χ0) is 30.4. The van der Waals surface area contributed by atoms with Gasteiger partial charge in [0.05, 0.1) is 0 Å². The number of fused-ring (bicyclic) bond motifs is 1. The van der Waals surface area contributed by atoms with Gasteiger partial charge in [0.15, 0.2) is 0 Å². The number of para-hydroxylation sites is 1. The van der Waals surface area contributed by atoms with E-state index < -0.39 is 5.54 Å². The molecule has 2 aliphatic carbocycles. The molecule has 2 amide bonds. The van der Waals surface area contributed by atoms with Crippen molar-refractivity contribution in [2.75, 3.05) is 24.3 Å². The maximum Gasteiger partial charge on any atom is 0.250 e. The molecule has 224 valence electrons. The number of benzene rings is 2. The lowest BCUT2D eigenvalue weighted by molar-refractivity contribution is -0.146. The number of aryl methyl sites for hydroxylation is 1. The van der Waals surface area contributed by atoms with Crippen molar-refractivity contribution >= 4 is 34.1 Å². The van der Waals surface area contributed by atoms with E-state index in [1.165, 1.54) is 16.6 Å². The van der Waals surface area contributed by atoms with E-state index in [0.717, 1.165) is 35.3 Å². The number of H-pyrrole nitrogens is 1. The van der Waals surface area contributed by atoms with Crippen LogP contribution in [0.4, 0.5) is 11.4 Å². The molecule has 7 heteroatoms. The van der Waals surface area contributed by atoms with Crippen LogP contribution in [0.25, 0.3) is 10.9 Å². The van der Waals surface area contributed by atoms with E-state index in [1.807, 2.05) is 60.3 Å². The fraction of sp³-hybridized carbons (Fsp3) is 0.417. The lowest BCUT2D eigenvalue weighted by Crippen LogP contribution is -2.57. The number of pyridine rings is 1. The minimum atomic E-state index is -0.904. The highest BCUT2D eigenvalue weighted by Crippen LogP contribution is 2.67. The van der Waals surface area contributed by atoms with Crippen molar-refractivity contribution in [3.05, 3.63) is 89.9 Å². The number of anilines is 2. The van der Waals surface area contributed by atoms with Gasteiger partial charge in [-0.25, -0.2) is 0 Å². The Morgan fingerprint density at radius 1 is 1.00 bits per heavy atom. The van der Waals surface area contributed by atoms with Gasteiger partial charge in [-0.15, -0.1) is 0 Å². The summed E-state index contributed by atoms with van der Waals surface area (Å²) in [5.74, 6) is 0.409. The summed E-state index contributed by atoms with van der Waals surface area (Å²) in [7, 11) is 3.99. The van der Waals surface area contributed by atoms with Crippen molar-refractivity contribution in [3.63, 3.8) is 0 Å². The number of carbonyl (C=O) groups excluding carboxylic acids is 2. The monoisotopic (exact) mass is 577 g/mol. The number of aromatic amines is 1. The van der Waals surface area contributed by atoms with E-state index >= 15 is 0 Å². The third-order valence-corrected chi connectivity index (χ3v) is 10.1. The maximum absolute atomic E-state index is 14.5. The number of amides is 2. The number of hydrogen-bond acceptors (Lipinski definition) is 4. The van der Waals surface area contributed by atoms with Crippen molar-refractivity contribution in [1.82, 2.24) is 14.9 Å². The molecule has 2 atom stereocenters. The van der Waals surface area contributed by atoms with Gasteiger partial charge in [0.25, 0.3) is 0 Å². The summed E-state index contributed by atoms with van der Waals surface area (Å²) in [6.45, 7) is 7.05. The number of nitrogens with zero attached hydrogens (tertiary/aromatic N) is 3.